The number of piperazine rings is 2. The van der Waals surface area contributed by atoms with Gasteiger partial charge in [-0.2, -0.15) is 8.75 Å². The molecular formula is C50H62N8O3S2. The minimum atomic E-state index is 0. The number of rotatable bonds is 12. The first-order valence-corrected chi connectivity index (χ1v) is 24.4. The summed E-state index contributed by atoms with van der Waals surface area (Å²) < 4.78 is 12.0. The molecule has 63 heavy (non-hydrogen) atoms. The number of hydrogen-bond acceptors (Lipinski definition) is 10. The van der Waals surface area contributed by atoms with Crippen LogP contribution in [0.5, 0.6) is 0 Å². The van der Waals surface area contributed by atoms with Crippen molar-refractivity contribution < 1.29 is 15.1 Å². The largest absolute Gasteiger partial charge is 0.412 e. The van der Waals surface area contributed by atoms with Gasteiger partial charge < -0.3 is 25.1 Å². The van der Waals surface area contributed by atoms with Gasteiger partial charge in [0.25, 0.3) is 0 Å². The average Bonchev–Trinajstić information content (AvgIpc) is 4.09. The molecule has 0 saturated carbocycles. The Morgan fingerprint density at radius 3 is 1.32 bits per heavy atom. The fraction of sp³-hybridized carbons (Fsp3) is 0.440. The number of fused-ring (bicyclic) bond motifs is 4. The number of carbonyl (C=O) groups is 2. The highest BCUT2D eigenvalue weighted by molar-refractivity contribution is 7.14. The van der Waals surface area contributed by atoms with E-state index in [9.17, 15) is 9.59 Å². The van der Waals surface area contributed by atoms with Crippen molar-refractivity contribution in [1.82, 2.24) is 18.5 Å². The van der Waals surface area contributed by atoms with Gasteiger partial charge in [-0.25, -0.2) is 0 Å². The number of carbonyl (C=O) groups excluding carboxylic acids is 2. The third-order valence-corrected chi connectivity index (χ3v) is 15.3. The molecule has 2 saturated heterocycles. The third-order valence-electron chi connectivity index (χ3n) is 13.6. The van der Waals surface area contributed by atoms with E-state index in [1.165, 1.54) is 42.4 Å². The predicted octanol–water partition coefficient (Wildman–Crippen LogP) is 7.87. The van der Waals surface area contributed by atoms with Crippen LogP contribution in [-0.2, 0) is 35.3 Å². The zero-order chi connectivity index (χ0) is 42.7. The second kappa shape index (κ2) is 19.9. The highest BCUT2D eigenvalue weighted by atomic mass is 32.1. The quantitative estimate of drug-likeness (QED) is 0.122. The summed E-state index contributed by atoms with van der Waals surface area (Å²) in [5.41, 5.74) is 7.30. The zero-order valence-corrected chi connectivity index (χ0v) is 38.9. The van der Waals surface area contributed by atoms with Crippen LogP contribution in [0.15, 0.2) is 84.9 Å². The van der Waals surface area contributed by atoms with E-state index in [4.69, 9.17) is 8.75 Å². The Kier molecular flexibility index (Phi) is 14.1. The summed E-state index contributed by atoms with van der Waals surface area (Å²) in [5, 5.41) is 2.56. The van der Waals surface area contributed by atoms with Crippen molar-refractivity contribution in [2.45, 2.75) is 78.3 Å². The number of benzene rings is 4. The number of aromatic nitrogens is 2. The van der Waals surface area contributed by atoms with E-state index < -0.39 is 0 Å². The number of anilines is 4. The minimum Gasteiger partial charge on any atom is -0.412 e. The molecule has 0 aliphatic carbocycles. The van der Waals surface area contributed by atoms with Crippen molar-refractivity contribution in [3.05, 3.63) is 107 Å². The van der Waals surface area contributed by atoms with Gasteiger partial charge in [0.15, 0.2) is 0 Å². The Hall–Kier alpha value is -4.92. The molecule has 0 bridgehead atoms. The standard InChI is InChI=1S/2C25H30N4OS.H2O/c2*1-3-20(16-18-9-10-22-19(15-18)17-24(30)29(22)4-2)27-11-13-28(14-12-27)25-21-7-5-6-8-23(21)31-26-25;/h2*5-10,15,20H,3-4,11-14,16-17H2,1-2H3;1H2. The van der Waals surface area contributed by atoms with Gasteiger partial charge in [0, 0.05) is 99.7 Å². The first-order chi connectivity index (χ1) is 30.3. The maximum Gasteiger partial charge on any atom is 0.231 e. The molecule has 11 nitrogen and oxygen atoms in total. The summed E-state index contributed by atoms with van der Waals surface area (Å²) in [6.07, 6.45) is 5.46. The van der Waals surface area contributed by atoms with Crippen molar-refractivity contribution in [3.8, 4) is 0 Å². The Labute approximate surface area is 380 Å². The molecule has 332 valence electrons. The van der Waals surface area contributed by atoms with E-state index in [1.807, 2.05) is 23.6 Å². The van der Waals surface area contributed by atoms with E-state index in [1.54, 1.807) is 23.1 Å². The number of likely N-dealkylation sites (N-methyl/N-ethyl adjacent to an activating group) is 2. The molecule has 2 unspecified atom stereocenters. The van der Waals surface area contributed by atoms with E-state index >= 15 is 0 Å². The molecule has 6 heterocycles. The molecule has 4 aliphatic rings. The van der Waals surface area contributed by atoms with Crippen LogP contribution in [0.2, 0.25) is 0 Å². The van der Waals surface area contributed by atoms with Crippen molar-refractivity contribution in [2.75, 3.05) is 85.0 Å². The lowest BCUT2D eigenvalue weighted by molar-refractivity contribution is -0.118. The summed E-state index contributed by atoms with van der Waals surface area (Å²) in [5.74, 6) is 2.76. The van der Waals surface area contributed by atoms with Crippen LogP contribution in [0.4, 0.5) is 23.0 Å². The molecule has 2 fully saturated rings. The van der Waals surface area contributed by atoms with Gasteiger partial charge in [-0.05, 0) is 121 Å². The van der Waals surface area contributed by atoms with Gasteiger partial charge in [0.2, 0.25) is 11.8 Å². The maximum atomic E-state index is 12.2. The van der Waals surface area contributed by atoms with Gasteiger partial charge in [-0.3, -0.25) is 19.4 Å². The molecular weight excluding hydrogens is 825 g/mol. The molecule has 0 spiro atoms. The van der Waals surface area contributed by atoms with Crippen LogP contribution < -0.4 is 19.6 Å². The Morgan fingerprint density at radius 1 is 0.540 bits per heavy atom. The maximum absolute atomic E-state index is 12.2. The molecule has 6 aromatic rings. The molecule has 2 N–H and O–H groups in total. The lowest BCUT2D eigenvalue weighted by Crippen LogP contribution is -2.51. The topological polar surface area (TPSA) is 111 Å². The first kappa shape index (κ1) is 44.7. The summed E-state index contributed by atoms with van der Waals surface area (Å²) in [4.78, 5) is 38.4. The van der Waals surface area contributed by atoms with Crippen molar-refractivity contribution >= 4 is 78.1 Å². The second-order valence-corrected chi connectivity index (χ2v) is 18.7. The summed E-state index contributed by atoms with van der Waals surface area (Å²) >= 11 is 3.20. The van der Waals surface area contributed by atoms with Gasteiger partial charge >= 0.3 is 0 Å². The monoisotopic (exact) mass is 886 g/mol. The SMILES string of the molecule is CCC(Cc1ccc2c(c1)CC(=O)N2CC)N1CCN(c2nsc3ccccc23)CC1.CCC(Cc1ccc2c(c1)CC(=O)N2CC)N1CCN(c2nsc3ccccc23)CC1.O. The summed E-state index contributed by atoms with van der Waals surface area (Å²) in [6.45, 7) is 18.5. The van der Waals surface area contributed by atoms with E-state index in [2.05, 4.69) is 118 Å². The number of hydrogen-bond donors (Lipinski definition) is 0. The fourth-order valence-corrected chi connectivity index (χ4v) is 11.8. The molecule has 10 rings (SSSR count). The van der Waals surface area contributed by atoms with Crippen molar-refractivity contribution in [1.29, 1.82) is 0 Å². The predicted molar refractivity (Wildman–Crippen MR) is 262 cm³/mol. The van der Waals surface area contributed by atoms with Gasteiger partial charge in [0.1, 0.15) is 11.6 Å². The zero-order valence-electron chi connectivity index (χ0n) is 37.3. The Morgan fingerprint density at radius 2 is 0.937 bits per heavy atom. The van der Waals surface area contributed by atoms with Crippen LogP contribution in [0, 0.1) is 0 Å². The minimum absolute atomic E-state index is 0. The highest BCUT2D eigenvalue weighted by Crippen LogP contribution is 2.34. The molecule has 2 amide bonds. The van der Waals surface area contributed by atoms with Crippen molar-refractivity contribution in [3.63, 3.8) is 0 Å². The number of amides is 2. The normalized spacial score (nSPS) is 17.8. The Bertz CT molecular complexity index is 2350. The van der Waals surface area contributed by atoms with Crippen LogP contribution >= 0.6 is 23.1 Å². The lowest BCUT2D eigenvalue weighted by atomic mass is 9.99. The summed E-state index contributed by atoms with van der Waals surface area (Å²) in [6, 6.07) is 31.4. The van der Waals surface area contributed by atoms with Crippen LogP contribution in [0.25, 0.3) is 20.2 Å². The Balaban J connectivity index is 0.000000170. The molecule has 4 aromatic carbocycles. The second-order valence-electron chi connectivity index (χ2n) is 17.1. The van der Waals surface area contributed by atoms with E-state index in [-0.39, 0.29) is 17.3 Å². The van der Waals surface area contributed by atoms with Gasteiger partial charge in [-0.1, -0.05) is 62.4 Å². The molecule has 0 radical (unpaired) electrons. The molecule has 2 aromatic heterocycles. The smallest absolute Gasteiger partial charge is 0.231 e. The molecule has 13 heteroatoms. The average molecular weight is 887 g/mol. The van der Waals surface area contributed by atoms with E-state index in [0.29, 0.717) is 24.9 Å². The first-order valence-electron chi connectivity index (χ1n) is 22.9. The fourth-order valence-electron chi connectivity index (χ4n) is 10.2. The van der Waals surface area contributed by atoms with E-state index in [0.717, 1.165) is 114 Å². The van der Waals surface area contributed by atoms with Gasteiger partial charge in [-0.15, -0.1) is 0 Å². The van der Waals surface area contributed by atoms with Crippen LogP contribution in [0.3, 0.4) is 0 Å². The van der Waals surface area contributed by atoms with Crippen molar-refractivity contribution in [2.24, 2.45) is 0 Å². The lowest BCUT2D eigenvalue weighted by Gasteiger charge is -2.39. The van der Waals surface area contributed by atoms with Crippen LogP contribution in [-0.4, -0.2) is 113 Å². The molecule has 4 aliphatic heterocycles. The van der Waals surface area contributed by atoms with Crippen LogP contribution in [0.1, 0.15) is 62.8 Å². The third kappa shape index (κ3) is 9.22. The highest BCUT2D eigenvalue weighted by Gasteiger charge is 2.30. The molecule has 2 atom stereocenters. The van der Waals surface area contributed by atoms with Gasteiger partial charge in [0.05, 0.1) is 22.2 Å². The number of nitrogens with zero attached hydrogens (tertiary/aromatic N) is 8. The summed E-state index contributed by atoms with van der Waals surface area (Å²) in [7, 11) is 0.